The van der Waals surface area contributed by atoms with Gasteiger partial charge in [0, 0.05) is 18.7 Å². The fourth-order valence-electron chi connectivity index (χ4n) is 1.96. The number of rotatable bonds is 5. The van der Waals surface area contributed by atoms with Crippen LogP contribution in [0.2, 0.25) is 0 Å². The minimum atomic E-state index is -0.595. The smallest absolute Gasteiger partial charge is 0.166 e. The standard InChI is InChI=1S/C16H14BrF2NO/c17-13-7-10(9-20-12-3-4-12)1-6-15(13)21-16-8-11(18)2-5-14(16)19/h1-2,5-8,12,20H,3-4,9H2. The molecule has 2 aromatic carbocycles. The summed E-state index contributed by atoms with van der Waals surface area (Å²) < 4.78 is 32.8. The predicted molar refractivity (Wildman–Crippen MR) is 80.4 cm³/mol. The largest absolute Gasteiger partial charge is 0.453 e. The number of ether oxygens (including phenoxy) is 1. The second-order valence-electron chi connectivity index (χ2n) is 5.10. The second-order valence-corrected chi connectivity index (χ2v) is 5.95. The van der Waals surface area contributed by atoms with Crippen molar-refractivity contribution in [2.24, 2.45) is 0 Å². The molecular weight excluding hydrogens is 340 g/mol. The highest BCUT2D eigenvalue weighted by Gasteiger charge is 2.20. The minimum absolute atomic E-state index is 0.125. The van der Waals surface area contributed by atoms with E-state index in [4.69, 9.17) is 4.74 Å². The van der Waals surface area contributed by atoms with Crippen LogP contribution in [0.25, 0.3) is 0 Å². The fourth-order valence-corrected chi connectivity index (χ4v) is 2.47. The highest BCUT2D eigenvalue weighted by atomic mass is 79.9. The molecule has 1 fully saturated rings. The van der Waals surface area contributed by atoms with Crippen LogP contribution in [0.5, 0.6) is 11.5 Å². The number of benzene rings is 2. The van der Waals surface area contributed by atoms with E-state index in [-0.39, 0.29) is 5.75 Å². The summed E-state index contributed by atoms with van der Waals surface area (Å²) in [6.07, 6.45) is 2.47. The summed E-state index contributed by atoms with van der Waals surface area (Å²) in [5.41, 5.74) is 1.11. The van der Waals surface area contributed by atoms with Crippen LogP contribution < -0.4 is 10.1 Å². The molecule has 0 aliphatic heterocycles. The van der Waals surface area contributed by atoms with Crippen LogP contribution in [0.3, 0.4) is 0 Å². The Balaban J connectivity index is 1.74. The van der Waals surface area contributed by atoms with Crippen molar-refractivity contribution in [1.82, 2.24) is 5.32 Å². The molecule has 1 aliphatic carbocycles. The van der Waals surface area contributed by atoms with E-state index < -0.39 is 11.6 Å². The third-order valence-corrected chi connectivity index (χ3v) is 3.90. The normalized spacial score (nSPS) is 14.2. The summed E-state index contributed by atoms with van der Waals surface area (Å²) in [6, 6.07) is 9.36. The van der Waals surface area contributed by atoms with Crippen molar-refractivity contribution in [3.05, 3.63) is 58.1 Å². The van der Waals surface area contributed by atoms with Crippen molar-refractivity contribution in [2.45, 2.75) is 25.4 Å². The van der Waals surface area contributed by atoms with Crippen molar-refractivity contribution in [2.75, 3.05) is 0 Å². The van der Waals surface area contributed by atoms with Crippen molar-refractivity contribution < 1.29 is 13.5 Å². The molecule has 5 heteroatoms. The summed E-state index contributed by atoms with van der Waals surface area (Å²) >= 11 is 3.40. The summed E-state index contributed by atoms with van der Waals surface area (Å²) in [5.74, 6) is -0.801. The predicted octanol–water partition coefficient (Wildman–Crippen LogP) is 4.77. The lowest BCUT2D eigenvalue weighted by Gasteiger charge is -2.10. The molecule has 0 unspecified atom stereocenters. The lowest BCUT2D eigenvalue weighted by molar-refractivity contribution is 0.434. The maximum Gasteiger partial charge on any atom is 0.166 e. The Labute approximate surface area is 130 Å². The molecule has 0 heterocycles. The van der Waals surface area contributed by atoms with Crippen molar-refractivity contribution in [3.8, 4) is 11.5 Å². The molecule has 0 bridgehead atoms. The van der Waals surface area contributed by atoms with Gasteiger partial charge in [-0.05, 0) is 58.6 Å². The van der Waals surface area contributed by atoms with E-state index in [1.807, 2.05) is 12.1 Å². The van der Waals surface area contributed by atoms with Gasteiger partial charge >= 0.3 is 0 Å². The molecule has 0 saturated heterocycles. The summed E-state index contributed by atoms with van der Waals surface area (Å²) in [5, 5.41) is 3.41. The first-order valence-corrected chi connectivity index (χ1v) is 7.56. The zero-order valence-corrected chi connectivity index (χ0v) is 12.8. The Hall–Kier alpha value is -1.46. The van der Waals surface area contributed by atoms with E-state index in [9.17, 15) is 8.78 Å². The van der Waals surface area contributed by atoms with Gasteiger partial charge in [0.25, 0.3) is 0 Å². The van der Waals surface area contributed by atoms with E-state index in [0.717, 1.165) is 30.3 Å². The van der Waals surface area contributed by atoms with Gasteiger partial charge in [0.2, 0.25) is 0 Å². The van der Waals surface area contributed by atoms with Crippen molar-refractivity contribution in [3.63, 3.8) is 0 Å². The van der Waals surface area contributed by atoms with E-state index in [1.54, 1.807) is 6.07 Å². The average Bonchev–Trinajstić information content (AvgIpc) is 3.27. The SMILES string of the molecule is Fc1ccc(F)c(Oc2ccc(CNC3CC3)cc2Br)c1. The molecule has 0 atom stereocenters. The maximum absolute atomic E-state index is 13.6. The Morgan fingerprint density at radius 1 is 1.10 bits per heavy atom. The van der Waals surface area contributed by atoms with Crippen LogP contribution in [0, 0.1) is 11.6 Å². The highest BCUT2D eigenvalue weighted by molar-refractivity contribution is 9.10. The van der Waals surface area contributed by atoms with Crippen molar-refractivity contribution in [1.29, 1.82) is 0 Å². The summed E-state index contributed by atoms with van der Waals surface area (Å²) in [4.78, 5) is 0. The Bertz CT molecular complexity index is 659. The molecule has 0 spiro atoms. The molecule has 21 heavy (non-hydrogen) atoms. The molecule has 0 aromatic heterocycles. The quantitative estimate of drug-likeness (QED) is 0.835. The van der Waals surface area contributed by atoms with Gasteiger partial charge in [0.05, 0.1) is 4.47 Å². The summed E-state index contributed by atoms with van der Waals surface area (Å²) in [6.45, 7) is 0.790. The third kappa shape index (κ3) is 3.80. The van der Waals surface area contributed by atoms with Crippen LogP contribution in [0.1, 0.15) is 18.4 Å². The van der Waals surface area contributed by atoms with E-state index in [0.29, 0.717) is 16.3 Å². The van der Waals surface area contributed by atoms with Gasteiger partial charge in [-0.15, -0.1) is 0 Å². The third-order valence-electron chi connectivity index (χ3n) is 3.28. The molecular formula is C16H14BrF2NO. The molecule has 110 valence electrons. The number of hydrogen-bond acceptors (Lipinski definition) is 2. The van der Waals surface area contributed by atoms with E-state index in [2.05, 4.69) is 21.2 Å². The zero-order chi connectivity index (χ0) is 14.8. The minimum Gasteiger partial charge on any atom is -0.453 e. The Morgan fingerprint density at radius 2 is 1.90 bits per heavy atom. The van der Waals surface area contributed by atoms with E-state index in [1.165, 1.54) is 12.8 Å². The molecule has 0 amide bonds. The zero-order valence-electron chi connectivity index (χ0n) is 11.2. The van der Waals surface area contributed by atoms with Gasteiger partial charge in [-0.25, -0.2) is 8.78 Å². The van der Waals surface area contributed by atoms with Crippen LogP contribution in [-0.4, -0.2) is 6.04 Å². The first-order chi connectivity index (χ1) is 10.1. The van der Waals surface area contributed by atoms with Gasteiger partial charge in [0.15, 0.2) is 11.6 Å². The monoisotopic (exact) mass is 353 g/mol. The van der Waals surface area contributed by atoms with Crippen LogP contribution in [0.15, 0.2) is 40.9 Å². The first-order valence-electron chi connectivity index (χ1n) is 6.76. The van der Waals surface area contributed by atoms with Gasteiger partial charge < -0.3 is 10.1 Å². The van der Waals surface area contributed by atoms with Crippen molar-refractivity contribution >= 4 is 15.9 Å². The molecule has 2 aromatic rings. The lowest BCUT2D eigenvalue weighted by Crippen LogP contribution is -2.15. The summed E-state index contributed by atoms with van der Waals surface area (Å²) in [7, 11) is 0. The lowest BCUT2D eigenvalue weighted by atomic mass is 10.2. The number of halogens is 3. The maximum atomic E-state index is 13.6. The number of nitrogens with one attached hydrogen (secondary N) is 1. The van der Waals surface area contributed by atoms with Gasteiger partial charge in [-0.1, -0.05) is 6.07 Å². The van der Waals surface area contributed by atoms with Gasteiger partial charge in [0.1, 0.15) is 11.6 Å². The molecule has 1 N–H and O–H groups in total. The molecule has 0 radical (unpaired) electrons. The van der Waals surface area contributed by atoms with Gasteiger partial charge in [-0.2, -0.15) is 0 Å². The molecule has 2 nitrogen and oxygen atoms in total. The first kappa shape index (κ1) is 14.5. The second kappa shape index (κ2) is 6.12. The fraction of sp³-hybridized carbons (Fsp3) is 0.250. The topological polar surface area (TPSA) is 21.3 Å². The van der Waals surface area contributed by atoms with Crippen LogP contribution in [-0.2, 0) is 6.54 Å². The van der Waals surface area contributed by atoms with E-state index >= 15 is 0 Å². The Kier molecular flexibility index (Phi) is 4.22. The van der Waals surface area contributed by atoms with Gasteiger partial charge in [-0.3, -0.25) is 0 Å². The molecule has 3 rings (SSSR count). The highest BCUT2D eigenvalue weighted by Crippen LogP contribution is 2.32. The van der Waals surface area contributed by atoms with Crippen LogP contribution in [0.4, 0.5) is 8.78 Å². The average molecular weight is 354 g/mol. The Morgan fingerprint density at radius 3 is 2.62 bits per heavy atom. The molecule has 1 saturated carbocycles. The molecule has 1 aliphatic rings. The number of hydrogen-bond donors (Lipinski definition) is 1. The van der Waals surface area contributed by atoms with Crippen LogP contribution >= 0.6 is 15.9 Å².